The lowest BCUT2D eigenvalue weighted by molar-refractivity contribution is 1.18. The van der Waals surface area contributed by atoms with E-state index in [1.54, 1.807) is 0 Å². The number of hydrogen-bond acceptors (Lipinski definition) is 2. The van der Waals surface area contributed by atoms with Crippen molar-refractivity contribution in [2.45, 2.75) is 0 Å². The van der Waals surface area contributed by atoms with Gasteiger partial charge in [-0.15, -0.1) is 11.3 Å². The summed E-state index contributed by atoms with van der Waals surface area (Å²) in [6.45, 7) is 0. The van der Waals surface area contributed by atoms with Crippen LogP contribution in [0.4, 0.5) is 17.1 Å². The molecule has 0 aliphatic rings. The molecule has 8 aromatic carbocycles. The van der Waals surface area contributed by atoms with Crippen molar-refractivity contribution >= 4 is 81.1 Å². The van der Waals surface area contributed by atoms with Crippen LogP contribution in [0.1, 0.15) is 0 Å². The maximum absolute atomic E-state index is 2.49. The lowest BCUT2D eigenvalue weighted by Crippen LogP contribution is -2.11. The van der Waals surface area contributed by atoms with Gasteiger partial charge >= 0.3 is 0 Å². The number of para-hydroxylation sites is 1. The normalized spacial score (nSPS) is 11.7. The van der Waals surface area contributed by atoms with Gasteiger partial charge in [-0.2, -0.15) is 0 Å². The first kappa shape index (κ1) is 27.9. The molecule has 0 aliphatic heterocycles. The van der Waals surface area contributed by atoms with Crippen LogP contribution in [0.3, 0.4) is 0 Å². The van der Waals surface area contributed by atoms with E-state index >= 15 is 0 Å². The zero-order valence-electron chi connectivity index (χ0n) is 26.6. The van der Waals surface area contributed by atoms with Gasteiger partial charge in [0.1, 0.15) is 0 Å². The third-order valence-corrected chi connectivity index (χ3v) is 10.9. The van der Waals surface area contributed by atoms with Gasteiger partial charge in [0.05, 0.1) is 22.4 Å². The van der Waals surface area contributed by atoms with Gasteiger partial charge in [0.25, 0.3) is 0 Å². The first-order valence-electron chi connectivity index (χ1n) is 16.7. The third kappa shape index (κ3) is 4.47. The molecular weight excluding hydrogens is 613 g/mol. The highest BCUT2D eigenvalue weighted by Gasteiger charge is 2.24. The van der Waals surface area contributed by atoms with E-state index < -0.39 is 0 Å². The minimum absolute atomic E-state index is 1.12. The lowest BCUT2D eigenvalue weighted by Gasteiger charge is -2.27. The summed E-state index contributed by atoms with van der Waals surface area (Å²) < 4.78 is 5.02. The summed E-state index contributed by atoms with van der Waals surface area (Å²) >= 11 is 1.86. The van der Waals surface area contributed by atoms with E-state index in [4.69, 9.17) is 0 Å². The summed E-state index contributed by atoms with van der Waals surface area (Å²) in [6.07, 6.45) is 0. The Hall–Kier alpha value is -6.16. The number of nitrogens with zero attached hydrogens (tertiary/aromatic N) is 2. The highest BCUT2D eigenvalue weighted by molar-refractivity contribution is 7.26. The second-order valence-electron chi connectivity index (χ2n) is 12.6. The van der Waals surface area contributed by atoms with Gasteiger partial charge in [-0.25, -0.2) is 0 Å². The van der Waals surface area contributed by atoms with Crippen LogP contribution in [0.5, 0.6) is 0 Å². The Labute approximate surface area is 288 Å². The number of fused-ring (bicyclic) bond motifs is 7. The Morgan fingerprint density at radius 3 is 1.82 bits per heavy atom. The molecule has 0 spiro atoms. The number of thiophene rings is 1. The molecule has 10 aromatic rings. The van der Waals surface area contributed by atoms with Crippen molar-refractivity contribution < 1.29 is 0 Å². The van der Waals surface area contributed by atoms with Crippen molar-refractivity contribution in [2.75, 3.05) is 4.90 Å². The minimum Gasteiger partial charge on any atom is -0.309 e. The summed E-state index contributed by atoms with van der Waals surface area (Å²) in [5, 5.41) is 7.51. The highest BCUT2D eigenvalue weighted by atomic mass is 32.1. The molecule has 0 saturated carbocycles. The second kappa shape index (κ2) is 11.2. The molecular formula is C46H30N2S. The Morgan fingerprint density at radius 1 is 0.408 bits per heavy atom. The minimum atomic E-state index is 1.12. The van der Waals surface area contributed by atoms with Crippen LogP contribution < -0.4 is 4.90 Å². The summed E-state index contributed by atoms with van der Waals surface area (Å²) in [5.74, 6) is 0. The smallest absolute Gasteiger partial charge is 0.0562 e. The number of benzene rings is 8. The van der Waals surface area contributed by atoms with Crippen molar-refractivity contribution in [3.8, 4) is 16.8 Å². The fourth-order valence-corrected chi connectivity index (χ4v) is 8.69. The molecule has 2 nitrogen and oxygen atoms in total. The van der Waals surface area contributed by atoms with Crippen LogP contribution in [0, 0.1) is 0 Å². The Bertz CT molecular complexity index is 2810. The van der Waals surface area contributed by atoms with E-state index in [1.165, 1.54) is 69.6 Å². The number of hydrogen-bond donors (Lipinski definition) is 0. The molecule has 2 aromatic heterocycles. The predicted octanol–water partition coefficient (Wildman–Crippen LogP) is 13.4. The van der Waals surface area contributed by atoms with Gasteiger partial charge in [0.15, 0.2) is 0 Å². The fraction of sp³-hybridized carbons (Fsp3) is 0. The standard InChI is InChI=1S/C46H30N2S/c1-3-13-31(14-4-1)32-25-27-36(28-26-32)47(41-22-12-24-44-46(41)37-19-9-10-23-43(37)49-44)39-20-11-21-40-45(39)38-29-33-15-7-8-16-34(33)30-42(38)48(40)35-17-5-2-6-18-35/h1-30H. The molecule has 0 unspecified atom stereocenters. The van der Waals surface area contributed by atoms with Gasteiger partial charge in [0, 0.05) is 42.3 Å². The quantitative estimate of drug-likeness (QED) is 0.181. The van der Waals surface area contributed by atoms with E-state index in [-0.39, 0.29) is 0 Å². The maximum Gasteiger partial charge on any atom is 0.0562 e. The van der Waals surface area contributed by atoms with Crippen molar-refractivity contribution in [1.82, 2.24) is 4.57 Å². The molecule has 0 amide bonds. The van der Waals surface area contributed by atoms with Gasteiger partial charge in [0.2, 0.25) is 0 Å². The zero-order valence-corrected chi connectivity index (χ0v) is 27.4. The molecule has 230 valence electrons. The summed E-state index contributed by atoms with van der Waals surface area (Å²) in [6, 6.07) is 66.2. The molecule has 0 aliphatic carbocycles. The van der Waals surface area contributed by atoms with Crippen LogP contribution >= 0.6 is 11.3 Å². The average Bonchev–Trinajstić information content (AvgIpc) is 3.71. The zero-order chi connectivity index (χ0) is 32.3. The van der Waals surface area contributed by atoms with E-state index in [9.17, 15) is 0 Å². The van der Waals surface area contributed by atoms with Gasteiger partial charge < -0.3 is 9.47 Å². The molecule has 3 heteroatoms. The van der Waals surface area contributed by atoms with Gasteiger partial charge in [-0.1, -0.05) is 115 Å². The number of aromatic nitrogens is 1. The molecule has 49 heavy (non-hydrogen) atoms. The van der Waals surface area contributed by atoms with Crippen LogP contribution in [-0.2, 0) is 0 Å². The Kier molecular flexibility index (Phi) is 6.39. The number of anilines is 3. The summed E-state index contributed by atoms with van der Waals surface area (Å²) in [7, 11) is 0. The van der Waals surface area contributed by atoms with Crippen molar-refractivity contribution in [2.24, 2.45) is 0 Å². The Morgan fingerprint density at radius 2 is 1.02 bits per heavy atom. The summed E-state index contributed by atoms with van der Waals surface area (Å²) in [4.78, 5) is 2.49. The molecule has 10 rings (SSSR count). The third-order valence-electron chi connectivity index (χ3n) is 9.75. The number of rotatable bonds is 5. The molecule has 0 atom stereocenters. The van der Waals surface area contributed by atoms with Gasteiger partial charge in [-0.05, 0) is 88.6 Å². The topological polar surface area (TPSA) is 8.17 Å². The van der Waals surface area contributed by atoms with Crippen molar-refractivity contribution in [1.29, 1.82) is 0 Å². The predicted molar refractivity (Wildman–Crippen MR) is 211 cm³/mol. The van der Waals surface area contributed by atoms with Gasteiger partial charge in [-0.3, -0.25) is 0 Å². The van der Waals surface area contributed by atoms with E-state index in [0.717, 1.165) is 17.1 Å². The van der Waals surface area contributed by atoms with Crippen LogP contribution in [0.15, 0.2) is 182 Å². The van der Waals surface area contributed by atoms with E-state index in [0.29, 0.717) is 0 Å². The van der Waals surface area contributed by atoms with Crippen LogP contribution in [0.25, 0.3) is 69.6 Å². The molecule has 0 radical (unpaired) electrons. The molecule has 0 N–H and O–H groups in total. The van der Waals surface area contributed by atoms with Crippen LogP contribution in [0.2, 0.25) is 0 Å². The fourth-order valence-electron chi connectivity index (χ4n) is 7.56. The largest absolute Gasteiger partial charge is 0.309 e. The van der Waals surface area contributed by atoms with Crippen LogP contribution in [-0.4, -0.2) is 4.57 Å². The first-order valence-corrected chi connectivity index (χ1v) is 17.5. The van der Waals surface area contributed by atoms with E-state index in [1.807, 2.05) is 11.3 Å². The maximum atomic E-state index is 2.49. The SMILES string of the molecule is c1ccc(-c2ccc(N(c3cccc4sc5ccccc5c34)c3cccc4c3c3cc5ccccc5cc3n4-c3ccccc3)cc2)cc1. The Balaban J connectivity index is 1.32. The molecule has 0 saturated heterocycles. The molecule has 0 bridgehead atoms. The average molecular weight is 643 g/mol. The molecule has 0 fully saturated rings. The lowest BCUT2D eigenvalue weighted by atomic mass is 10.0. The monoisotopic (exact) mass is 642 g/mol. The first-order chi connectivity index (χ1) is 24.3. The van der Waals surface area contributed by atoms with Crippen molar-refractivity contribution in [3.63, 3.8) is 0 Å². The van der Waals surface area contributed by atoms with Crippen molar-refractivity contribution in [3.05, 3.63) is 182 Å². The van der Waals surface area contributed by atoms with E-state index in [2.05, 4.69) is 191 Å². The summed E-state index contributed by atoms with van der Waals surface area (Å²) in [5.41, 5.74) is 9.41. The molecule has 2 heterocycles. The highest BCUT2D eigenvalue weighted by Crippen LogP contribution is 2.48. The second-order valence-corrected chi connectivity index (χ2v) is 13.6.